The number of aromatic nitrogens is 3. The average Bonchev–Trinajstić information content (AvgIpc) is 3.24. The van der Waals surface area contributed by atoms with Crippen LogP contribution in [0.15, 0.2) is 35.1 Å². The van der Waals surface area contributed by atoms with Gasteiger partial charge in [-0.15, -0.1) is 0 Å². The van der Waals surface area contributed by atoms with Crippen LogP contribution in [0.1, 0.15) is 22.5 Å². The maximum absolute atomic E-state index is 12.8. The van der Waals surface area contributed by atoms with Crippen molar-refractivity contribution in [3.63, 3.8) is 0 Å². The molecule has 1 unspecified atom stereocenters. The highest BCUT2D eigenvalue weighted by molar-refractivity contribution is 6.11. The number of H-pyrrole nitrogens is 1. The van der Waals surface area contributed by atoms with Crippen molar-refractivity contribution in [3.05, 3.63) is 51.9 Å². The van der Waals surface area contributed by atoms with Crippen molar-refractivity contribution in [1.29, 1.82) is 0 Å². The van der Waals surface area contributed by atoms with E-state index in [-0.39, 0.29) is 23.0 Å². The quantitative estimate of drug-likeness (QED) is 0.734. The Morgan fingerprint density at radius 2 is 2.15 bits per heavy atom. The summed E-state index contributed by atoms with van der Waals surface area (Å²) in [7, 11) is 1.69. The number of fused-ring (bicyclic) bond motifs is 1. The maximum atomic E-state index is 12.8. The van der Waals surface area contributed by atoms with Gasteiger partial charge in [0, 0.05) is 24.8 Å². The predicted molar refractivity (Wildman–Crippen MR) is 100 cm³/mol. The fraction of sp³-hybridized carbons (Fsp3) is 0.316. The van der Waals surface area contributed by atoms with Crippen LogP contribution in [0, 0.1) is 6.92 Å². The van der Waals surface area contributed by atoms with Gasteiger partial charge in [0.05, 0.1) is 24.2 Å². The highest BCUT2D eigenvalue weighted by Crippen LogP contribution is 2.21. The maximum Gasteiger partial charge on any atom is 0.274 e. The summed E-state index contributed by atoms with van der Waals surface area (Å²) in [6, 6.07) is 8.75. The molecule has 1 fully saturated rings. The summed E-state index contributed by atoms with van der Waals surface area (Å²) in [5, 5.41) is 5.74. The van der Waals surface area contributed by atoms with Crippen molar-refractivity contribution < 1.29 is 14.3 Å². The van der Waals surface area contributed by atoms with E-state index < -0.39 is 0 Å². The largest absolute Gasteiger partial charge is 0.488 e. The van der Waals surface area contributed by atoms with Crippen molar-refractivity contribution >= 4 is 22.6 Å². The minimum atomic E-state index is -0.361. The molecule has 3 heterocycles. The number of rotatable bonds is 4. The second-order valence-electron chi connectivity index (χ2n) is 6.59. The van der Waals surface area contributed by atoms with Crippen LogP contribution < -0.4 is 15.6 Å². The molecule has 8 nitrogen and oxygen atoms in total. The number of carbonyl (C=O) groups excluding carboxylic acids is 1. The molecule has 1 aliphatic heterocycles. The standard InChI is InChI=1S/C19H20N4O4/c1-11-9-15(16-17(20-11)23(2)22-19(16)25)18(24)21-12-3-5-13(6-4-12)27-14-7-8-26-10-14/h3-6,9,14H,7-8,10H2,1-2H3,(H,21,24)(H,22,25). The minimum absolute atomic E-state index is 0.0725. The molecule has 2 aromatic heterocycles. The molecule has 0 aliphatic carbocycles. The zero-order valence-electron chi connectivity index (χ0n) is 15.1. The van der Waals surface area contributed by atoms with Gasteiger partial charge in [0.2, 0.25) is 0 Å². The molecule has 4 rings (SSSR count). The number of ether oxygens (including phenoxy) is 2. The third-order valence-electron chi connectivity index (χ3n) is 4.49. The van der Waals surface area contributed by atoms with Gasteiger partial charge in [-0.2, -0.15) is 0 Å². The summed E-state index contributed by atoms with van der Waals surface area (Å²) >= 11 is 0. The Morgan fingerprint density at radius 1 is 1.37 bits per heavy atom. The number of benzene rings is 1. The number of amides is 1. The predicted octanol–water partition coefficient (Wildman–Crippen LogP) is 1.99. The van der Waals surface area contributed by atoms with Gasteiger partial charge in [-0.1, -0.05) is 0 Å². The molecule has 140 valence electrons. The van der Waals surface area contributed by atoms with Crippen molar-refractivity contribution in [3.8, 4) is 5.75 Å². The van der Waals surface area contributed by atoms with Gasteiger partial charge in [-0.05, 0) is 37.3 Å². The number of aryl methyl sites for hydroxylation is 2. The van der Waals surface area contributed by atoms with E-state index in [1.54, 1.807) is 44.3 Å². The number of anilines is 1. The Labute approximate surface area is 155 Å². The first-order chi connectivity index (χ1) is 13.0. The van der Waals surface area contributed by atoms with Crippen LogP contribution in [-0.4, -0.2) is 40.0 Å². The third-order valence-corrected chi connectivity index (χ3v) is 4.49. The Morgan fingerprint density at radius 3 is 2.85 bits per heavy atom. The molecule has 8 heteroatoms. The number of nitrogens with one attached hydrogen (secondary N) is 2. The first-order valence-corrected chi connectivity index (χ1v) is 8.73. The molecule has 27 heavy (non-hydrogen) atoms. The van der Waals surface area contributed by atoms with Gasteiger partial charge in [0.15, 0.2) is 5.65 Å². The third kappa shape index (κ3) is 3.43. The van der Waals surface area contributed by atoms with Gasteiger partial charge in [0.25, 0.3) is 11.5 Å². The number of pyridine rings is 1. The van der Waals surface area contributed by atoms with E-state index in [0.29, 0.717) is 29.2 Å². The Bertz CT molecular complexity index is 1050. The molecule has 1 saturated heterocycles. The summed E-state index contributed by atoms with van der Waals surface area (Å²) in [6.07, 6.45) is 0.949. The van der Waals surface area contributed by atoms with Crippen LogP contribution in [0.4, 0.5) is 5.69 Å². The molecule has 0 saturated carbocycles. The second kappa shape index (κ2) is 6.88. The highest BCUT2D eigenvalue weighted by atomic mass is 16.5. The van der Waals surface area contributed by atoms with E-state index in [2.05, 4.69) is 15.4 Å². The minimum Gasteiger partial charge on any atom is -0.488 e. The molecule has 3 aromatic rings. The van der Waals surface area contributed by atoms with E-state index in [1.165, 1.54) is 4.68 Å². The normalized spacial score (nSPS) is 16.6. The van der Waals surface area contributed by atoms with Gasteiger partial charge < -0.3 is 14.8 Å². The summed E-state index contributed by atoms with van der Waals surface area (Å²) in [4.78, 5) is 29.3. The van der Waals surface area contributed by atoms with Gasteiger partial charge in [0.1, 0.15) is 11.9 Å². The first kappa shape index (κ1) is 17.3. The van der Waals surface area contributed by atoms with E-state index in [9.17, 15) is 9.59 Å². The number of carbonyl (C=O) groups is 1. The van der Waals surface area contributed by atoms with Crippen LogP contribution in [0.2, 0.25) is 0 Å². The number of aromatic amines is 1. The topological polar surface area (TPSA) is 98.2 Å². The summed E-state index contributed by atoms with van der Waals surface area (Å²) in [5.74, 6) is 0.366. The van der Waals surface area contributed by atoms with Crippen molar-refractivity contribution in [2.75, 3.05) is 18.5 Å². The van der Waals surface area contributed by atoms with E-state index >= 15 is 0 Å². The van der Waals surface area contributed by atoms with E-state index in [0.717, 1.165) is 18.8 Å². The SMILES string of the molecule is Cc1cc(C(=O)Nc2ccc(OC3CCOC3)cc2)c2c(=O)[nH]n(C)c2n1. The van der Waals surface area contributed by atoms with Crippen molar-refractivity contribution in [1.82, 2.24) is 14.8 Å². The van der Waals surface area contributed by atoms with Crippen LogP contribution in [-0.2, 0) is 11.8 Å². The molecule has 2 N–H and O–H groups in total. The van der Waals surface area contributed by atoms with Gasteiger partial charge >= 0.3 is 0 Å². The van der Waals surface area contributed by atoms with Crippen molar-refractivity contribution in [2.45, 2.75) is 19.4 Å². The second-order valence-corrected chi connectivity index (χ2v) is 6.59. The van der Waals surface area contributed by atoms with Crippen LogP contribution in [0.25, 0.3) is 11.0 Å². The summed E-state index contributed by atoms with van der Waals surface area (Å²) < 4.78 is 12.6. The summed E-state index contributed by atoms with van der Waals surface area (Å²) in [6.45, 7) is 3.10. The lowest BCUT2D eigenvalue weighted by atomic mass is 10.1. The number of nitrogens with zero attached hydrogens (tertiary/aromatic N) is 2. The Hall–Kier alpha value is -3.13. The van der Waals surface area contributed by atoms with Crippen molar-refractivity contribution in [2.24, 2.45) is 7.05 Å². The van der Waals surface area contributed by atoms with Crippen LogP contribution in [0.3, 0.4) is 0 Å². The molecule has 0 spiro atoms. The fourth-order valence-corrected chi connectivity index (χ4v) is 3.18. The number of hydrogen-bond acceptors (Lipinski definition) is 5. The molecular weight excluding hydrogens is 348 g/mol. The summed E-state index contributed by atoms with van der Waals surface area (Å²) in [5.41, 5.74) is 1.68. The molecule has 0 radical (unpaired) electrons. The monoisotopic (exact) mass is 368 g/mol. The van der Waals surface area contributed by atoms with Crippen LogP contribution >= 0.6 is 0 Å². The number of hydrogen-bond donors (Lipinski definition) is 2. The zero-order valence-corrected chi connectivity index (χ0v) is 15.1. The van der Waals surface area contributed by atoms with E-state index in [1.807, 2.05) is 0 Å². The lowest BCUT2D eigenvalue weighted by Crippen LogP contribution is -2.16. The Balaban J connectivity index is 1.55. The lowest BCUT2D eigenvalue weighted by Gasteiger charge is -2.12. The van der Waals surface area contributed by atoms with Gasteiger partial charge in [-0.25, -0.2) is 4.98 Å². The molecule has 1 atom stereocenters. The molecule has 0 bridgehead atoms. The molecule has 1 aromatic carbocycles. The van der Waals surface area contributed by atoms with Gasteiger partial charge in [-0.3, -0.25) is 19.4 Å². The molecular formula is C19H20N4O4. The smallest absolute Gasteiger partial charge is 0.274 e. The molecule has 1 aliphatic rings. The van der Waals surface area contributed by atoms with Crippen LogP contribution in [0.5, 0.6) is 5.75 Å². The zero-order chi connectivity index (χ0) is 19.0. The average molecular weight is 368 g/mol. The fourth-order valence-electron chi connectivity index (χ4n) is 3.18. The Kier molecular flexibility index (Phi) is 4.41. The van der Waals surface area contributed by atoms with E-state index in [4.69, 9.17) is 9.47 Å². The highest BCUT2D eigenvalue weighted by Gasteiger charge is 2.19. The first-order valence-electron chi connectivity index (χ1n) is 8.73. The molecule has 1 amide bonds. The lowest BCUT2D eigenvalue weighted by molar-refractivity contribution is 0.102.